The minimum absolute atomic E-state index is 0.0787. The predicted octanol–water partition coefficient (Wildman–Crippen LogP) is 5.75. The molecule has 1 amide bonds. The van der Waals surface area contributed by atoms with Crippen LogP contribution in [0.1, 0.15) is 33.9 Å². The van der Waals surface area contributed by atoms with Crippen LogP contribution in [0.4, 0.5) is 5.69 Å². The van der Waals surface area contributed by atoms with Crippen molar-refractivity contribution in [3.8, 4) is 22.2 Å². The van der Waals surface area contributed by atoms with Crippen molar-refractivity contribution < 1.29 is 9.32 Å². The molecule has 154 valence electrons. The second kappa shape index (κ2) is 7.03. The van der Waals surface area contributed by atoms with Crippen molar-refractivity contribution >= 4 is 34.7 Å². The zero-order chi connectivity index (χ0) is 21.1. The van der Waals surface area contributed by atoms with Gasteiger partial charge in [0.05, 0.1) is 22.0 Å². The summed E-state index contributed by atoms with van der Waals surface area (Å²) in [7, 11) is 0. The molecule has 3 heterocycles. The Morgan fingerprint density at radius 2 is 1.90 bits per heavy atom. The van der Waals surface area contributed by atoms with Gasteiger partial charge in [0, 0.05) is 21.4 Å². The van der Waals surface area contributed by atoms with Crippen molar-refractivity contribution in [1.82, 2.24) is 15.1 Å². The average Bonchev–Trinajstić information content (AvgIpc) is 3.39. The molecule has 31 heavy (non-hydrogen) atoms. The fourth-order valence-electron chi connectivity index (χ4n) is 3.88. The maximum atomic E-state index is 13.3. The Balaban J connectivity index is 1.43. The van der Waals surface area contributed by atoms with Crippen LogP contribution in [0.15, 0.2) is 56.8 Å². The molecule has 1 aliphatic heterocycles. The van der Waals surface area contributed by atoms with Crippen LogP contribution < -0.4 is 4.90 Å². The standard InChI is InChI=1S/C23H18N4O2S2/c1-12-20(30-13(2)24-12)22-25-21(26-29-22)14-7-10-17-19(11-14)31-18-6-4-3-5-16(18)23(28)27(17)15-8-9-15/h3-7,10-11,15H,8-9H2,1-2H3. The molecule has 1 fully saturated rings. The van der Waals surface area contributed by atoms with Crippen molar-refractivity contribution in [1.29, 1.82) is 0 Å². The summed E-state index contributed by atoms with van der Waals surface area (Å²) in [5.74, 6) is 1.10. The Morgan fingerprint density at radius 3 is 2.68 bits per heavy atom. The van der Waals surface area contributed by atoms with Crippen LogP contribution in [0.25, 0.3) is 22.2 Å². The Labute approximate surface area is 187 Å². The van der Waals surface area contributed by atoms with Gasteiger partial charge in [-0.3, -0.25) is 4.79 Å². The van der Waals surface area contributed by atoms with E-state index < -0.39 is 0 Å². The van der Waals surface area contributed by atoms with Gasteiger partial charge in [0.1, 0.15) is 4.88 Å². The predicted molar refractivity (Wildman–Crippen MR) is 121 cm³/mol. The fourth-order valence-corrected chi connectivity index (χ4v) is 5.83. The number of amides is 1. The molecule has 0 N–H and O–H groups in total. The maximum absolute atomic E-state index is 13.3. The third kappa shape index (κ3) is 3.18. The molecule has 0 radical (unpaired) electrons. The highest BCUT2D eigenvalue weighted by Crippen LogP contribution is 2.46. The number of hydrogen-bond donors (Lipinski definition) is 0. The topological polar surface area (TPSA) is 72.1 Å². The second-order valence-electron chi connectivity index (χ2n) is 7.76. The summed E-state index contributed by atoms with van der Waals surface area (Å²) in [5.41, 5.74) is 3.47. The van der Waals surface area contributed by atoms with E-state index in [4.69, 9.17) is 4.52 Å². The van der Waals surface area contributed by atoms with Gasteiger partial charge in [-0.05, 0) is 57.0 Å². The number of carbonyl (C=O) groups excluding carboxylic acids is 1. The minimum atomic E-state index is 0.0787. The number of thiazole rings is 1. The molecule has 8 heteroatoms. The van der Waals surface area contributed by atoms with Gasteiger partial charge in [-0.25, -0.2) is 4.98 Å². The smallest absolute Gasteiger partial charge is 0.270 e. The highest BCUT2D eigenvalue weighted by Gasteiger charge is 2.38. The summed E-state index contributed by atoms with van der Waals surface area (Å²) in [6, 6.07) is 14.1. The zero-order valence-electron chi connectivity index (χ0n) is 17.0. The number of benzene rings is 2. The van der Waals surface area contributed by atoms with Gasteiger partial charge >= 0.3 is 0 Å². The molecule has 2 aromatic heterocycles. The number of aryl methyl sites for hydroxylation is 2. The first-order valence-electron chi connectivity index (χ1n) is 10.1. The van der Waals surface area contributed by atoms with Crippen LogP contribution >= 0.6 is 23.1 Å². The molecule has 1 aliphatic carbocycles. The van der Waals surface area contributed by atoms with Crippen LogP contribution in [0, 0.1) is 13.8 Å². The lowest BCUT2D eigenvalue weighted by atomic mass is 10.1. The van der Waals surface area contributed by atoms with Crippen LogP contribution in [0.2, 0.25) is 0 Å². The van der Waals surface area contributed by atoms with Gasteiger partial charge in [-0.1, -0.05) is 29.1 Å². The molecule has 0 bridgehead atoms. The second-order valence-corrected chi connectivity index (χ2v) is 10.0. The van der Waals surface area contributed by atoms with Crippen LogP contribution in [0.5, 0.6) is 0 Å². The van der Waals surface area contributed by atoms with E-state index in [9.17, 15) is 4.79 Å². The lowest BCUT2D eigenvalue weighted by Gasteiger charge is -2.22. The number of nitrogens with zero attached hydrogens (tertiary/aromatic N) is 4. The molecule has 4 aromatic rings. The Morgan fingerprint density at radius 1 is 1.06 bits per heavy atom. The molecule has 2 aliphatic rings. The van der Waals surface area contributed by atoms with Crippen molar-refractivity contribution in [3.05, 3.63) is 58.7 Å². The van der Waals surface area contributed by atoms with Crippen LogP contribution in [-0.4, -0.2) is 27.1 Å². The van der Waals surface area contributed by atoms with E-state index in [0.717, 1.165) is 55.0 Å². The fraction of sp³-hybridized carbons (Fsp3) is 0.217. The lowest BCUT2D eigenvalue weighted by Crippen LogP contribution is -2.32. The van der Waals surface area contributed by atoms with Gasteiger partial charge in [0.25, 0.3) is 11.8 Å². The summed E-state index contributed by atoms with van der Waals surface area (Å²) in [4.78, 5) is 27.2. The molecular weight excluding hydrogens is 428 g/mol. The molecule has 6 rings (SSSR count). The largest absolute Gasteiger partial charge is 0.333 e. The first kappa shape index (κ1) is 18.8. The first-order valence-corrected chi connectivity index (χ1v) is 11.7. The number of aromatic nitrogens is 3. The first-order chi connectivity index (χ1) is 15.1. The molecule has 0 atom stereocenters. The highest BCUT2D eigenvalue weighted by atomic mass is 32.2. The van der Waals surface area contributed by atoms with Crippen LogP contribution in [0.3, 0.4) is 0 Å². The quantitative estimate of drug-likeness (QED) is 0.399. The van der Waals surface area contributed by atoms with Gasteiger partial charge in [-0.15, -0.1) is 11.3 Å². The lowest BCUT2D eigenvalue weighted by molar-refractivity contribution is 0.0982. The Kier molecular flexibility index (Phi) is 4.26. The monoisotopic (exact) mass is 446 g/mol. The third-order valence-electron chi connectivity index (χ3n) is 5.47. The van der Waals surface area contributed by atoms with E-state index in [1.165, 1.54) is 0 Å². The van der Waals surface area contributed by atoms with E-state index >= 15 is 0 Å². The molecule has 6 nitrogen and oxygen atoms in total. The highest BCUT2D eigenvalue weighted by molar-refractivity contribution is 7.99. The minimum Gasteiger partial charge on any atom is -0.333 e. The SMILES string of the molecule is Cc1nc(C)c(-c2nc(-c3ccc4c(c3)Sc3ccccc3C(=O)N4C3CC3)no2)s1. The van der Waals surface area contributed by atoms with E-state index in [0.29, 0.717) is 11.7 Å². The van der Waals surface area contributed by atoms with E-state index in [2.05, 4.69) is 21.2 Å². The number of hydrogen-bond acceptors (Lipinski definition) is 7. The summed E-state index contributed by atoms with van der Waals surface area (Å²) in [5, 5.41) is 5.18. The van der Waals surface area contributed by atoms with Gasteiger partial charge < -0.3 is 9.42 Å². The number of anilines is 1. The Bertz CT molecular complexity index is 1340. The van der Waals surface area contributed by atoms with E-state index in [-0.39, 0.29) is 11.9 Å². The average molecular weight is 447 g/mol. The number of carbonyl (C=O) groups is 1. The zero-order valence-corrected chi connectivity index (χ0v) is 18.6. The Hall–Kier alpha value is -2.97. The van der Waals surface area contributed by atoms with E-state index in [1.807, 2.05) is 55.1 Å². The molecular formula is C23H18N4O2S2. The molecule has 0 saturated heterocycles. The van der Waals surface area contributed by atoms with Crippen molar-refractivity contribution in [2.45, 2.75) is 42.5 Å². The molecule has 0 spiro atoms. The summed E-state index contributed by atoms with van der Waals surface area (Å²) in [6.07, 6.45) is 2.09. The van der Waals surface area contributed by atoms with Crippen molar-refractivity contribution in [2.24, 2.45) is 0 Å². The van der Waals surface area contributed by atoms with Crippen LogP contribution in [-0.2, 0) is 0 Å². The van der Waals surface area contributed by atoms with Gasteiger partial charge in [0.15, 0.2) is 0 Å². The molecule has 2 aromatic carbocycles. The molecule has 1 saturated carbocycles. The van der Waals surface area contributed by atoms with Crippen molar-refractivity contribution in [3.63, 3.8) is 0 Å². The van der Waals surface area contributed by atoms with Gasteiger partial charge in [0.2, 0.25) is 5.82 Å². The number of fused-ring (bicyclic) bond motifs is 2. The van der Waals surface area contributed by atoms with E-state index in [1.54, 1.807) is 23.1 Å². The van der Waals surface area contributed by atoms with Gasteiger partial charge in [-0.2, -0.15) is 4.98 Å². The normalized spacial score (nSPS) is 15.5. The third-order valence-corrected chi connectivity index (χ3v) is 7.65. The summed E-state index contributed by atoms with van der Waals surface area (Å²) < 4.78 is 5.55. The number of rotatable bonds is 3. The maximum Gasteiger partial charge on any atom is 0.270 e. The van der Waals surface area contributed by atoms with Crippen molar-refractivity contribution in [2.75, 3.05) is 4.90 Å². The molecule has 0 unspecified atom stereocenters. The summed E-state index contributed by atoms with van der Waals surface area (Å²) in [6.45, 7) is 3.91. The summed E-state index contributed by atoms with van der Waals surface area (Å²) >= 11 is 3.17.